The van der Waals surface area contributed by atoms with Crippen LogP contribution in [0.5, 0.6) is 0 Å². The first-order valence-corrected chi connectivity index (χ1v) is 16.6. The van der Waals surface area contributed by atoms with Crippen molar-refractivity contribution >= 4 is 54.3 Å². The fourth-order valence-electron chi connectivity index (χ4n) is 7.81. The Kier molecular flexibility index (Phi) is 6.09. The van der Waals surface area contributed by atoms with Gasteiger partial charge in [0, 0.05) is 38.8 Å². The average molecular weight is 629 g/mol. The maximum absolute atomic E-state index is 13.8. The first kappa shape index (κ1) is 27.6. The summed E-state index contributed by atoms with van der Waals surface area (Å²) in [7, 11) is 0. The summed E-state index contributed by atoms with van der Waals surface area (Å²) in [6.07, 6.45) is 2.08. The van der Waals surface area contributed by atoms with E-state index in [1.165, 1.54) is 78.0 Å². The summed E-state index contributed by atoms with van der Waals surface area (Å²) in [5.74, 6) is -0.235. The highest BCUT2D eigenvalue weighted by Gasteiger charge is 2.18. The van der Waals surface area contributed by atoms with Crippen molar-refractivity contribution in [1.29, 1.82) is 0 Å². The molecule has 230 valence electrons. The van der Waals surface area contributed by atoms with Crippen LogP contribution in [0.3, 0.4) is 0 Å². The zero-order chi connectivity index (χ0) is 32.5. The predicted molar refractivity (Wildman–Crippen MR) is 203 cm³/mol. The molecule has 0 fully saturated rings. The van der Waals surface area contributed by atoms with Crippen molar-refractivity contribution in [2.24, 2.45) is 0 Å². The Morgan fingerprint density at radius 1 is 0.408 bits per heavy atom. The lowest BCUT2D eigenvalue weighted by molar-refractivity contribution is 0.627. The average Bonchev–Trinajstić information content (AvgIpc) is 3.74. The van der Waals surface area contributed by atoms with Crippen LogP contribution >= 0.6 is 0 Å². The molecule has 0 spiro atoms. The zero-order valence-electron chi connectivity index (χ0n) is 26.5. The summed E-state index contributed by atoms with van der Waals surface area (Å²) in [6.45, 7) is 0. The first-order chi connectivity index (χ1) is 24.2. The van der Waals surface area contributed by atoms with Gasteiger partial charge in [0.15, 0.2) is 0 Å². The molecule has 3 heteroatoms. The molecule has 0 amide bonds. The van der Waals surface area contributed by atoms with Gasteiger partial charge in [0.05, 0.1) is 22.2 Å². The van der Waals surface area contributed by atoms with Gasteiger partial charge in [-0.3, -0.25) is 0 Å². The second kappa shape index (κ2) is 10.8. The van der Waals surface area contributed by atoms with Gasteiger partial charge in [0.1, 0.15) is 5.82 Å². The predicted octanol–water partition coefficient (Wildman–Crippen LogP) is 12.5. The number of halogens is 1. The van der Waals surface area contributed by atoms with Crippen LogP contribution in [0, 0.1) is 5.82 Å². The Morgan fingerprint density at radius 2 is 1.06 bits per heavy atom. The molecule has 10 rings (SSSR count). The van der Waals surface area contributed by atoms with Crippen LogP contribution in [0.1, 0.15) is 0 Å². The molecule has 0 bridgehead atoms. The topological polar surface area (TPSA) is 9.86 Å². The van der Waals surface area contributed by atoms with E-state index in [0.717, 1.165) is 22.0 Å². The second-order valence-electron chi connectivity index (χ2n) is 12.7. The van der Waals surface area contributed by atoms with Gasteiger partial charge in [-0.1, -0.05) is 109 Å². The fourth-order valence-corrected chi connectivity index (χ4v) is 7.81. The van der Waals surface area contributed by atoms with Gasteiger partial charge >= 0.3 is 0 Å². The van der Waals surface area contributed by atoms with Crippen molar-refractivity contribution in [1.82, 2.24) is 9.13 Å². The SMILES string of the molecule is Fc1ccc(-n2ccc3cc(-c4ccc5c(c4)c4ccccc4n5-c4ccc(-c5ccccc5)c5ccccc45)c4ccccc4c32)cc1. The summed E-state index contributed by atoms with van der Waals surface area (Å²) in [5, 5.41) is 8.39. The lowest BCUT2D eigenvalue weighted by atomic mass is 9.95. The van der Waals surface area contributed by atoms with Gasteiger partial charge in [-0.25, -0.2) is 4.39 Å². The van der Waals surface area contributed by atoms with Crippen LogP contribution in [0.2, 0.25) is 0 Å². The van der Waals surface area contributed by atoms with Crippen LogP contribution < -0.4 is 0 Å². The van der Waals surface area contributed by atoms with Crippen LogP contribution in [0.15, 0.2) is 176 Å². The van der Waals surface area contributed by atoms with E-state index in [-0.39, 0.29) is 5.82 Å². The molecule has 49 heavy (non-hydrogen) atoms. The van der Waals surface area contributed by atoms with Gasteiger partial charge in [-0.15, -0.1) is 0 Å². The van der Waals surface area contributed by atoms with Gasteiger partial charge in [0.25, 0.3) is 0 Å². The zero-order valence-corrected chi connectivity index (χ0v) is 26.5. The molecule has 0 atom stereocenters. The van der Waals surface area contributed by atoms with Gasteiger partial charge in [-0.05, 0) is 93.7 Å². The highest BCUT2D eigenvalue weighted by Crippen LogP contribution is 2.41. The standard InChI is InChI=1S/C46H29FN2/c47-33-19-21-34(22-20-33)48-27-26-32-29-41(37-13-5-7-16-40(37)46(32)48)31-18-24-45-42(28-31)39-15-8-9-17-43(39)49(45)44-25-23-35(30-10-2-1-3-11-30)36-12-4-6-14-38(36)44/h1-29H. The third-order valence-corrected chi connectivity index (χ3v) is 10.0. The first-order valence-electron chi connectivity index (χ1n) is 16.6. The third kappa shape index (κ3) is 4.26. The smallest absolute Gasteiger partial charge is 0.123 e. The van der Waals surface area contributed by atoms with Crippen LogP contribution in [-0.2, 0) is 0 Å². The van der Waals surface area contributed by atoms with E-state index in [0.29, 0.717) is 0 Å². The van der Waals surface area contributed by atoms with E-state index in [1.54, 1.807) is 0 Å². The molecule has 0 radical (unpaired) electrons. The summed E-state index contributed by atoms with van der Waals surface area (Å²) in [6, 6.07) is 59.3. The maximum atomic E-state index is 13.8. The van der Waals surface area contributed by atoms with Crippen LogP contribution in [0.25, 0.3) is 87.9 Å². The Bertz CT molecular complexity index is 2880. The molecule has 0 saturated heterocycles. The number of fused-ring (bicyclic) bond motifs is 7. The van der Waals surface area contributed by atoms with Crippen LogP contribution in [-0.4, -0.2) is 9.13 Å². The lowest BCUT2D eigenvalue weighted by Crippen LogP contribution is -1.96. The molecular weight excluding hydrogens is 600 g/mol. The summed E-state index contributed by atoms with van der Waals surface area (Å²) in [5.41, 5.74) is 10.4. The minimum atomic E-state index is -0.235. The quantitative estimate of drug-likeness (QED) is 0.184. The monoisotopic (exact) mass is 628 g/mol. The highest BCUT2D eigenvalue weighted by molar-refractivity contribution is 6.16. The Balaban J connectivity index is 1.20. The van der Waals surface area contributed by atoms with Crippen molar-refractivity contribution in [2.45, 2.75) is 0 Å². The number of nitrogens with zero attached hydrogens (tertiary/aromatic N) is 2. The van der Waals surface area contributed by atoms with Gasteiger partial charge in [-0.2, -0.15) is 0 Å². The van der Waals surface area contributed by atoms with Crippen molar-refractivity contribution in [3.05, 3.63) is 182 Å². The normalized spacial score (nSPS) is 11.8. The lowest BCUT2D eigenvalue weighted by Gasteiger charge is -2.15. The number of para-hydroxylation sites is 1. The molecule has 0 aliphatic carbocycles. The minimum absolute atomic E-state index is 0.235. The third-order valence-electron chi connectivity index (χ3n) is 10.0. The molecule has 10 aromatic rings. The van der Waals surface area contributed by atoms with E-state index in [1.807, 2.05) is 12.1 Å². The van der Waals surface area contributed by atoms with Gasteiger partial charge < -0.3 is 9.13 Å². The summed E-state index contributed by atoms with van der Waals surface area (Å²) in [4.78, 5) is 0. The Labute approximate surface area is 282 Å². The van der Waals surface area contributed by atoms with Crippen molar-refractivity contribution < 1.29 is 4.39 Å². The highest BCUT2D eigenvalue weighted by atomic mass is 19.1. The van der Waals surface area contributed by atoms with E-state index < -0.39 is 0 Å². The number of hydrogen-bond acceptors (Lipinski definition) is 0. The second-order valence-corrected chi connectivity index (χ2v) is 12.7. The summed E-state index contributed by atoms with van der Waals surface area (Å²) < 4.78 is 18.4. The maximum Gasteiger partial charge on any atom is 0.123 e. The Morgan fingerprint density at radius 3 is 1.86 bits per heavy atom. The Hall–Kier alpha value is -6.45. The molecule has 0 N–H and O–H groups in total. The minimum Gasteiger partial charge on any atom is -0.316 e. The van der Waals surface area contributed by atoms with E-state index in [4.69, 9.17) is 0 Å². The number of rotatable bonds is 4. The largest absolute Gasteiger partial charge is 0.316 e. The molecule has 2 heterocycles. The molecule has 0 aliphatic rings. The van der Waals surface area contributed by atoms with E-state index in [2.05, 4.69) is 161 Å². The van der Waals surface area contributed by atoms with E-state index >= 15 is 0 Å². The molecule has 8 aromatic carbocycles. The molecule has 2 nitrogen and oxygen atoms in total. The van der Waals surface area contributed by atoms with Crippen molar-refractivity contribution in [3.8, 4) is 33.6 Å². The molecule has 0 saturated carbocycles. The molecular formula is C46H29FN2. The molecule has 2 aromatic heterocycles. The van der Waals surface area contributed by atoms with Crippen LogP contribution in [0.4, 0.5) is 4.39 Å². The fraction of sp³-hybridized carbons (Fsp3) is 0. The molecule has 0 aliphatic heterocycles. The number of aromatic nitrogens is 2. The summed E-state index contributed by atoms with van der Waals surface area (Å²) >= 11 is 0. The van der Waals surface area contributed by atoms with Crippen molar-refractivity contribution in [2.75, 3.05) is 0 Å². The van der Waals surface area contributed by atoms with E-state index in [9.17, 15) is 4.39 Å². The van der Waals surface area contributed by atoms with Gasteiger partial charge in [0.2, 0.25) is 0 Å². The number of benzene rings is 8. The number of hydrogen-bond donors (Lipinski definition) is 0. The van der Waals surface area contributed by atoms with Crippen molar-refractivity contribution in [3.63, 3.8) is 0 Å². The molecule has 0 unspecified atom stereocenters.